The van der Waals surface area contributed by atoms with Crippen molar-refractivity contribution in [2.75, 3.05) is 7.05 Å². The Kier molecular flexibility index (Phi) is 4.57. The summed E-state index contributed by atoms with van der Waals surface area (Å²) in [5.74, 6) is 0.613. The molecule has 0 fully saturated rings. The molecule has 0 bridgehead atoms. The van der Waals surface area contributed by atoms with Gasteiger partial charge in [0.25, 0.3) is 0 Å². The number of rotatable bonds is 3. The van der Waals surface area contributed by atoms with E-state index in [1.165, 1.54) is 4.88 Å². The molecule has 0 saturated carbocycles. The Labute approximate surface area is 108 Å². The first-order valence-corrected chi connectivity index (χ1v) is 6.78. The van der Waals surface area contributed by atoms with E-state index < -0.39 is 0 Å². The molecule has 4 heteroatoms. The van der Waals surface area contributed by atoms with Crippen LogP contribution in [0.2, 0.25) is 0 Å². The predicted molar refractivity (Wildman–Crippen MR) is 76.6 cm³/mol. The Balaban J connectivity index is 2.63. The summed E-state index contributed by atoms with van der Waals surface area (Å²) in [5.41, 5.74) is 5.89. The van der Waals surface area contributed by atoms with Crippen LogP contribution in [0.4, 0.5) is 0 Å². The van der Waals surface area contributed by atoms with Crippen LogP contribution in [0.1, 0.15) is 32.6 Å². The van der Waals surface area contributed by atoms with Crippen molar-refractivity contribution in [3.8, 4) is 0 Å². The second-order valence-corrected chi connectivity index (χ2v) is 6.42. The van der Waals surface area contributed by atoms with E-state index in [0.717, 1.165) is 6.42 Å². The zero-order valence-corrected chi connectivity index (χ0v) is 12.2. The average Bonchev–Trinajstić information content (AvgIpc) is 2.66. The zero-order valence-electron chi connectivity index (χ0n) is 11.4. The summed E-state index contributed by atoms with van der Waals surface area (Å²) >= 11 is 1.79. The zero-order chi connectivity index (χ0) is 13.1. The summed E-state index contributed by atoms with van der Waals surface area (Å²) < 4.78 is 0. The van der Waals surface area contributed by atoms with Crippen LogP contribution in [0, 0.1) is 0 Å². The molecule has 1 unspecified atom stereocenters. The maximum atomic E-state index is 6.01. The van der Waals surface area contributed by atoms with Crippen LogP contribution in [0.3, 0.4) is 0 Å². The third kappa shape index (κ3) is 4.77. The van der Waals surface area contributed by atoms with Crippen molar-refractivity contribution in [1.82, 2.24) is 4.90 Å². The Morgan fingerprint density at radius 3 is 2.65 bits per heavy atom. The number of nitrogens with two attached hydrogens (primary N) is 1. The van der Waals surface area contributed by atoms with Crippen molar-refractivity contribution in [2.24, 2.45) is 10.7 Å². The van der Waals surface area contributed by atoms with Gasteiger partial charge in [-0.3, -0.25) is 0 Å². The lowest BCUT2D eigenvalue weighted by atomic mass is 10.1. The second-order valence-electron chi connectivity index (χ2n) is 5.38. The molecule has 1 rings (SSSR count). The molecule has 96 valence electrons. The van der Waals surface area contributed by atoms with E-state index in [9.17, 15) is 0 Å². The molecule has 0 spiro atoms. The van der Waals surface area contributed by atoms with E-state index in [4.69, 9.17) is 5.73 Å². The van der Waals surface area contributed by atoms with E-state index in [0.29, 0.717) is 12.0 Å². The second kappa shape index (κ2) is 5.54. The largest absolute Gasteiger partial charge is 0.370 e. The fourth-order valence-electron chi connectivity index (χ4n) is 1.51. The Hall–Kier alpha value is -1.03. The highest BCUT2D eigenvalue weighted by molar-refractivity contribution is 7.09. The molecule has 2 N–H and O–H groups in total. The molecule has 1 atom stereocenters. The van der Waals surface area contributed by atoms with E-state index in [1.807, 2.05) is 11.9 Å². The van der Waals surface area contributed by atoms with Crippen molar-refractivity contribution >= 4 is 17.3 Å². The van der Waals surface area contributed by atoms with Crippen molar-refractivity contribution in [2.45, 2.75) is 45.7 Å². The highest BCUT2D eigenvalue weighted by Gasteiger charge is 2.15. The van der Waals surface area contributed by atoms with Gasteiger partial charge in [0.05, 0.1) is 5.54 Å². The summed E-state index contributed by atoms with van der Waals surface area (Å²) in [6.07, 6.45) is 1.01. The molecule has 0 saturated heterocycles. The van der Waals surface area contributed by atoms with Crippen molar-refractivity contribution in [1.29, 1.82) is 0 Å². The highest BCUT2D eigenvalue weighted by atomic mass is 32.1. The minimum atomic E-state index is -0.124. The van der Waals surface area contributed by atoms with Crippen LogP contribution in [0.5, 0.6) is 0 Å². The van der Waals surface area contributed by atoms with Gasteiger partial charge in [-0.1, -0.05) is 6.07 Å². The fraction of sp³-hybridized carbons (Fsp3) is 0.615. The lowest BCUT2D eigenvalue weighted by Gasteiger charge is -2.27. The summed E-state index contributed by atoms with van der Waals surface area (Å²) in [4.78, 5) is 7.91. The normalized spacial score (nSPS) is 14.8. The first-order valence-electron chi connectivity index (χ1n) is 5.90. The van der Waals surface area contributed by atoms with Gasteiger partial charge < -0.3 is 10.6 Å². The quantitative estimate of drug-likeness (QED) is 0.665. The van der Waals surface area contributed by atoms with E-state index in [-0.39, 0.29) is 5.54 Å². The molecule has 0 radical (unpaired) electrons. The van der Waals surface area contributed by atoms with Gasteiger partial charge in [-0.2, -0.15) is 0 Å². The lowest BCUT2D eigenvalue weighted by Crippen LogP contribution is -2.42. The monoisotopic (exact) mass is 253 g/mol. The van der Waals surface area contributed by atoms with Crippen LogP contribution in [0.15, 0.2) is 22.5 Å². The summed E-state index contributed by atoms with van der Waals surface area (Å²) in [6.45, 7) is 8.33. The summed E-state index contributed by atoms with van der Waals surface area (Å²) in [5, 5.41) is 2.11. The van der Waals surface area contributed by atoms with Gasteiger partial charge in [0.15, 0.2) is 5.96 Å². The lowest BCUT2D eigenvalue weighted by molar-refractivity contribution is 0.379. The Morgan fingerprint density at radius 1 is 1.53 bits per heavy atom. The van der Waals surface area contributed by atoms with Crippen molar-refractivity contribution < 1.29 is 0 Å². The van der Waals surface area contributed by atoms with E-state index >= 15 is 0 Å². The molecule has 1 aromatic heterocycles. The average molecular weight is 253 g/mol. The van der Waals surface area contributed by atoms with Crippen LogP contribution in [-0.4, -0.2) is 29.5 Å². The summed E-state index contributed by atoms with van der Waals surface area (Å²) in [7, 11) is 2.00. The molecule has 0 aliphatic rings. The van der Waals surface area contributed by atoms with Crippen molar-refractivity contribution in [3.05, 3.63) is 22.4 Å². The third-order valence-corrected chi connectivity index (χ3v) is 3.45. The highest BCUT2D eigenvalue weighted by Crippen LogP contribution is 2.14. The molecular weight excluding hydrogens is 230 g/mol. The van der Waals surface area contributed by atoms with Gasteiger partial charge in [-0.05, 0) is 39.1 Å². The van der Waals surface area contributed by atoms with Gasteiger partial charge in [-0.25, -0.2) is 4.99 Å². The SMILES string of the molecule is CC(Cc1cccs1)N(C)C(N)=NC(C)(C)C. The molecule has 1 heterocycles. The summed E-state index contributed by atoms with van der Waals surface area (Å²) in [6, 6.07) is 4.60. The molecule has 0 aliphatic carbocycles. The first kappa shape index (κ1) is 14.0. The van der Waals surface area contributed by atoms with E-state index in [2.05, 4.69) is 50.2 Å². The van der Waals surface area contributed by atoms with Crippen LogP contribution >= 0.6 is 11.3 Å². The van der Waals surface area contributed by atoms with Gasteiger partial charge in [-0.15, -0.1) is 11.3 Å². The van der Waals surface area contributed by atoms with Gasteiger partial charge in [0, 0.05) is 24.4 Å². The molecule has 0 aromatic carbocycles. The number of aliphatic imine (C=N–C) groups is 1. The molecular formula is C13H23N3S. The maximum absolute atomic E-state index is 6.01. The Morgan fingerprint density at radius 2 is 2.18 bits per heavy atom. The molecule has 0 amide bonds. The van der Waals surface area contributed by atoms with E-state index in [1.54, 1.807) is 11.3 Å². The standard InChI is InChI=1S/C13H23N3S/c1-10(9-11-7-6-8-17-11)16(5)12(14)15-13(2,3)4/h6-8,10H,9H2,1-5H3,(H2,14,15). The molecule has 3 nitrogen and oxygen atoms in total. The molecule has 1 aromatic rings. The fourth-order valence-corrected chi connectivity index (χ4v) is 2.33. The topological polar surface area (TPSA) is 41.6 Å². The number of thiophene rings is 1. The van der Waals surface area contributed by atoms with Gasteiger partial charge >= 0.3 is 0 Å². The number of likely N-dealkylation sites (N-methyl/N-ethyl adjacent to an activating group) is 1. The van der Waals surface area contributed by atoms with Crippen LogP contribution in [0.25, 0.3) is 0 Å². The van der Waals surface area contributed by atoms with Gasteiger partial charge in [0.2, 0.25) is 0 Å². The number of hydrogen-bond acceptors (Lipinski definition) is 2. The van der Waals surface area contributed by atoms with Gasteiger partial charge in [0.1, 0.15) is 0 Å². The third-order valence-electron chi connectivity index (χ3n) is 2.55. The minimum absolute atomic E-state index is 0.124. The molecule has 17 heavy (non-hydrogen) atoms. The number of hydrogen-bond donors (Lipinski definition) is 1. The minimum Gasteiger partial charge on any atom is -0.370 e. The Bertz CT molecular complexity index is 363. The van der Waals surface area contributed by atoms with Crippen LogP contribution in [-0.2, 0) is 6.42 Å². The maximum Gasteiger partial charge on any atom is 0.191 e. The number of guanidine groups is 1. The van der Waals surface area contributed by atoms with Crippen molar-refractivity contribution in [3.63, 3.8) is 0 Å². The first-order chi connectivity index (χ1) is 7.79. The smallest absolute Gasteiger partial charge is 0.191 e. The predicted octanol–water partition coefficient (Wildman–Crippen LogP) is 2.72. The number of nitrogens with zero attached hydrogens (tertiary/aromatic N) is 2. The molecule has 0 aliphatic heterocycles. The van der Waals surface area contributed by atoms with Crippen LogP contribution < -0.4 is 5.73 Å².